The Morgan fingerprint density at radius 3 is 2.82 bits per heavy atom. The van der Waals surface area contributed by atoms with Crippen molar-refractivity contribution in [2.24, 2.45) is 0 Å². The molecule has 3 aromatic rings. The van der Waals surface area contributed by atoms with Gasteiger partial charge in [-0.25, -0.2) is 0 Å². The summed E-state index contributed by atoms with van der Waals surface area (Å²) in [6.45, 7) is 4.18. The number of rotatable bonds is 7. The van der Waals surface area contributed by atoms with Gasteiger partial charge in [0.2, 0.25) is 0 Å². The van der Waals surface area contributed by atoms with Crippen molar-refractivity contribution in [2.75, 3.05) is 7.11 Å². The molecule has 0 N–H and O–H groups in total. The third-order valence-corrected chi connectivity index (χ3v) is 4.91. The molecule has 1 heterocycles. The largest absolute Gasteiger partial charge is 0.496 e. The van der Waals surface area contributed by atoms with Gasteiger partial charge in [-0.05, 0) is 36.0 Å². The molecule has 0 bridgehead atoms. The van der Waals surface area contributed by atoms with Crippen LogP contribution in [0.1, 0.15) is 5.56 Å². The van der Waals surface area contributed by atoms with Crippen molar-refractivity contribution in [3.63, 3.8) is 0 Å². The van der Waals surface area contributed by atoms with Crippen molar-refractivity contribution in [3.8, 4) is 23.2 Å². The van der Waals surface area contributed by atoms with E-state index in [0.29, 0.717) is 28.2 Å². The Morgan fingerprint density at radius 1 is 1.36 bits per heavy atom. The number of nitriles is 1. The van der Waals surface area contributed by atoms with Gasteiger partial charge in [0.05, 0.1) is 34.1 Å². The molecule has 0 fully saturated rings. The van der Waals surface area contributed by atoms with Gasteiger partial charge in [-0.1, -0.05) is 18.2 Å². The smallest absolute Gasteiger partial charge is 0.284 e. The van der Waals surface area contributed by atoms with Gasteiger partial charge in [-0.2, -0.15) is 5.26 Å². The average molecular weight is 393 g/mol. The molecule has 8 nitrogen and oxygen atoms in total. The van der Waals surface area contributed by atoms with Gasteiger partial charge in [0.1, 0.15) is 5.75 Å². The standard InChI is InChI=1S/C19H15N5O3S/c1-3-10-23-18(14-6-4-5-7-16(14)27-2)21-22-19(23)28-17-9-8-13(12-20)11-15(17)24(25)26/h3-9,11H,1,10H2,2H3. The van der Waals surface area contributed by atoms with Crippen molar-refractivity contribution in [1.82, 2.24) is 14.8 Å². The third kappa shape index (κ3) is 3.72. The summed E-state index contributed by atoms with van der Waals surface area (Å²) in [5, 5.41) is 29.3. The van der Waals surface area contributed by atoms with Gasteiger partial charge in [-0.3, -0.25) is 14.7 Å². The highest BCUT2D eigenvalue weighted by molar-refractivity contribution is 7.99. The highest BCUT2D eigenvalue weighted by Gasteiger charge is 2.21. The van der Waals surface area contributed by atoms with Gasteiger partial charge in [0.25, 0.3) is 5.69 Å². The van der Waals surface area contributed by atoms with Gasteiger partial charge >= 0.3 is 0 Å². The number of allylic oxidation sites excluding steroid dienone is 1. The van der Waals surface area contributed by atoms with Crippen LogP contribution in [0.4, 0.5) is 5.69 Å². The van der Waals surface area contributed by atoms with E-state index in [1.165, 1.54) is 18.2 Å². The average Bonchev–Trinajstić information content (AvgIpc) is 3.10. The highest BCUT2D eigenvalue weighted by atomic mass is 32.2. The molecule has 1 aromatic heterocycles. The predicted molar refractivity (Wildman–Crippen MR) is 104 cm³/mol. The van der Waals surface area contributed by atoms with Crippen molar-refractivity contribution < 1.29 is 9.66 Å². The van der Waals surface area contributed by atoms with Crippen LogP contribution in [-0.4, -0.2) is 26.8 Å². The number of hydrogen-bond acceptors (Lipinski definition) is 7. The van der Waals surface area contributed by atoms with E-state index >= 15 is 0 Å². The Morgan fingerprint density at radius 2 is 2.14 bits per heavy atom. The van der Waals surface area contributed by atoms with Crippen LogP contribution in [0.3, 0.4) is 0 Å². The molecule has 2 aromatic carbocycles. The Labute approximate surface area is 165 Å². The molecular weight excluding hydrogens is 378 g/mol. The van der Waals surface area contributed by atoms with Crippen LogP contribution in [0.2, 0.25) is 0 Å². The zero-order valence-electron chi connectivity index (χ0n) is 14.9. The lowest BCUT2D eigenvalue weighted by molar-refractivity contribution is -0.387. The van der Waals surface area contributed by atoms with Crippen LogP contribution in [0.25, 0.3) is 11.4 Å². The normalized spacial score (nSPS) is 10.3. The summed E-state index contributed by atoms with van der Waals surface area (Å²) >= 11 is 1.11. The molecule has 0 spiro atoms. The minimum Gasteiger partial charge on any atom is -0.496 e. The molecule has 0 aliphatic rings. The Kier molecular flexibility index (Phi) is 5.72. The lowest BCUT2D eigenvalue weighted by atomic mass is 10.2. The van der Waals surface area contributed by atoms with Crippen molar-refractivity contribution in [3.05, 3.63) is 70.8 Å². The number of benzene rings is 2. The van der Waals surface area contributed by atoms with Gasteiger partial charge in [0, 0.05) is 12.6 Å². The van der Waals surface area contributed by atoms with Gasteiger partial charge in [0.15, 0.2) is 11.0 Å². The number of nitro benzene ring substituents is 1. The molecule has 0 aliphatic heterocycles. The van der Waals surface area contributed by atoms with E-state index in [1.807, 2.05) is 30.3 Å². The van der Waals surface area contributed by atoms with Crippen molar-refractivity contribution >= 4 is 17.4 Å². The molecule has 0 amide bonds. The number of aromatic nitrogens is 3. The first-order valence-corrected chi connectivity index (χ1v) is 8.94. The van der Waals surface area contributed by atoms with Gasteiger partial charge < -0.3 is 4.74 Å². The number of hydrogen-bond donors (Lipinski definition) is 0. The number of ether oxygens (including phenoxy) is 1. The Bertz CT molecular complexity index is 1090. The number of nitro groups is 1. The van der Waals surface area contributed by atoms with E-state index in [-0.39, 0.29) is 11.3 Å². The summed E-state index contributed by atoms with van der Waals surface area (Å²) in [4.78, 5) is 11.3. The molecule has 28 heavy (non-hydrogen) atoms. The van der Waals surface area contributed by atoms with E-state index in [1.54, 1.807) is 17.8 Å². The molecule has 0 radical (unpaired) electrons. The Hall–Kier alpha value is -3.64. The minimum absolute atomic E-state index is 0.156. The summed E-state index contributed by atoms with van der Waals surface area (Å²) < 4.78 is 7.21. The van der Waals surface area contributed by atoms with Crippen LogP contribution in [-0.2, 0) is 6.54 Å². The van der Waals surface area contributed by atoms with Gasteiger partial charge in [-0.15, -0.1) is 16.8 Å². The fourth-order valence-electron chi connectivity index (χ4n) is 2.60. The van der Waals surface area contributed by atoms with Crippen LogP contribution in [0.5, 0.6) is 5.75 Å². The third-order valence-electron chi connectivity index (χ3n) is 3.86. The number of methoxy groups -OCH3 is 1. The SMILES string of the molecule is C=CCn1c(Sc2ccc(C#N)cc2[N+](=O)[O-])nnc1-c1ccccc1OC. The lowest BCUT2D eigenvalue weighted by Gasteiger charge is -2.10. The molecule has 0 aliphatic carbocycles. The van der Waals surface area contributed by atoms with Crippen LogP contribution >= 0.6 is 11.8 Å². The quantitative estimate of drug-likeness (QED) is 0.338. The van der Waals surface area contributed by atoms with Crippen LogP contribution < -0.4 is 4.74 Å². The lowest BCUT2D eigenvalue weighted by Crippen LogP contribution is -2.02. The fraction of sp³-hybridized carbons (Fsp3) is 0.105. The summed E-state index contributed by atoms with van der Waals surface area (Å²) in [6.07, 6.45) is 1.69. The van der Waals surface area contributed by atoms with E-state index < -0.39 is 4.92 Å². The predicted octanol–water partition coefficient (Wildman–Crippen LogP) is 4.07. The summed E-state index contributed by atoms with van der Waals surface area (Å²) in [7, 11) is 1.57. The second kappa shape index (κ2) is 8.37. The first-order chi connectivity index (χ1) is 13.6. The maximum absolute atomic E-state index is 11.4. The van der Waals surface area contributed by atoms with Crippen LogP contribution in [0.15, 0.2) is 65.2 Å². The topological polar surface area (TPSA) is 107 Å². The molecule has 0 saturated heterocycles. The van der Waals surface area contributed by atoms with Crippen molar-refractivity contribution in [1.29, 1.82) is 5.26 Å². The second-order valence-corrected chi connectivity index (χ2v) is 6.57. The summed E-state index contributed by atoms with van der Waals surface area (Å²) in [6, 6.07) is 13.6. The van der Waals surface area contributed by atoms with E-state index in [2.05, 4.69) is 16.8 Å². The maximum atomic E-state index is 11.4. The monoisotopic (exact) mass is 393 g/mol. The Balaban J connectivity index is 2.07. The zero-order valence-corrected chi connectivity index (χ0v) is 15.7. The van der Waals surface area contributed by atoms with Crippen LogP contribution in [0, 0.1) is 21.4 Å². The minimum atomic E-state index is -0.515. The second-order valence-electron chi connectivity index (χ2n) is 5.56. The first-order valence-electron chi connectivity index (χ1n) is 8.13. The molecule has 9 heteroatoms. The molecule has 0 saturated carbocycles. The molecule has 0 atom stereocenters. The zero-order chi connectivity index (χ0) is 20.1. The molecule has 140 valence electrons. The summed E-state index contributed by atoms with van der Waals surface area (Å²) in [5.74, 6) is 1.21. The highest BCUT2D eigenvalue weighted by Crippen LogP contribution is 2.37. The number of nitrogens with zero attached hydrogens (tertiary/aromatic N) is 5. The van der Waals surface area contributed by atoms with E-state index in [4.69, 9.17) is 10.00 Å². The van der Waals surface area contributed by atoms with E-state index in [9.17, 15) is 10.1 Å². The first kappa shape index (κ1) is 19.1. The number of para-hydroxylation sites is 1. The fourth-order valence-corrected chi connectivity index (χ4v) is 3.52. The summed E-state index contributed by atoms with van der Waals surface area (Å²) in [5.41, 5.74) is 0.815. The maximum Gasteiger partial charge on any atom is 0.284 e. The van der Waals surface area contributed by atoms with E-state index in [0.717, 1.165) is 17.3 Å². The molecular formula is C19H15N5O3S. The van der Waals surface area contributed by atoms with Crippen molar-refractivity contribution in [2.45, 2.75) is 16.6 Å². The molecule has 0 unspecified atom stereocenters. The molecule has 3 rings (SSSR count).